The van der Waals surface area contributed by atoms with Crippen LogP contribution < -0.4 is 4.74 Å². The van der Waals surface area contributed by atoms with Gasteiger partial charge in [-0.15, -0.1) is 0 Å². The summed E-state index contributed by atoms with van der Waals surface area (Å²) in [6, 6.07) is 2.60. The molecular formula is C11H17BrFNO2Si. The highest BCUT2D eigenvalue weighted by atomic mass is 79.9. The van der Waals surface area contributed by atoms with Crippen LogP contribution in [-0.2, 0) is 4.74 Å². The van der Waals surface area contributed by atoms with Crippen molar-refractivity contribution in [3.8, 4) is 5.75 Å². The van der Waals surface area contributed by atoms with Crippen molar-refractivity contribution >= 4 is 24.0 Å². The van der Waals surface area contributed by atoms with Gasteiger partial charge in [-0.1, -0.05) is 19.6 Å². The van der Waals surface area contributed by atoms with Gasteiger partial charge in [0.25, 0.3) is 5.95 Å². The fraction of sp³-hybridized carbons (Fsp3) is 0.545. The maximum Gasteiger partial charge on any atom is 0.255 e. The molecule has 0 unspecified atom stereocenters. The van der Waals surface area contributed by atoms with E-state index in [9.17, 15) is 4.39 Å². The molecule has 3 nitrogen and oxygen atoms in total. The average molecular weight is 322 g/mol. The lowest BCUT2D eigenvalue weighted by Gasteiger charge is -2.15. The zero-order valence-corrected chi connectivity index (χ0v) is 12.9. The van der Waals surface area contributed by atoms with E-state index < -0.39 is 14.0 Å². The first-order chi connectivity index (χ1) is 7.88. The molecule has 0 aliphatic heterocycles. The lowest BCUT2D eigenvalue weighted by molar-refractivity contribution is 0.0192. The van der Waals surface area contributed by atoms with E-state index in [1.54, 1.807) is 0 Å². The SMILES string of the molecule is C[Si](C)(C)CCOCOc1cc(Br)cnc1F. The molecule has 1 heterocycles. The molecule has 0 radical (unpaired) electrons. The number of nitrogens with zero attached hydrogens (tertiary/aromatic N) is 1. The zero-order chi connectivity index (χ0) is 12.9. The van der Waals surface area contributed by atoms with Crippen LogP contribution in [0, 0.1) is 5.95 Å². The van der Waals surface area contributed by atoms with Crippen molar-refractivity contribution in [3.05, 3.63) is 22.7 Å². The monoisotopic (exact) mass is 321 g/mol. The molecule has 0 atom stereocenters. The molecule has 0 saturated carbocycles. The first kappa shape index (κ1) is 14.6. The van der Waals surface area contributed by atoms with Crippen LogP contribution in [0.25, 0.3) is 0 Å². The fourth-order valence-electron chi connectivity index (χ4n) is 1.05. The largest absolute Gasteiger partial charge is 0.463 e. The molecule has 0 bridgehead atoms. The quantitative estimate of drug-likeness (QED) is 0.346. The van der Waals surface area contributed by atoms with Gasteiger partial charge in [-0.25, -0.2) is 4.98 Å². The van der Waals surface area contributed by atoms with Crippen molar-refractivity contribution in [2.45, 2.75) is 25.7 Å². The Morgan fingerprint density at radius 1 is 1.41 bits per heavy atom. The third kappa shape index (κ3) is 6.14. The van der Waals surface area contributed by atoms with Crippen LogP contribution >= 0.6 is 15.9 Å². The fourth-order valence-corrected chi connectivity index (χ4v) is 2.11. The summed E-state index contributed by atoms with van der Waals surface area (Å²) >= 11 is 3.20. The van der Waals surface area contributed by atoms with Gasteiger partial charge in [-0.05, 0) is 22.0 Å². The Balaban J connectivity index is 2.29. The van der Waals surface area contributed by atoms with Crippen molar-refractivity contribution in [3.63, 3.8) is 0 Å². The first-order valence-electron chi connectivity index (χ1n) is 5.40. The maximum absolute atomic E-state index is 13.2. The summed E-state index contributed by atoms with van der Waals surface area (Å²) in [5.41, 5.74) is 0. The van der Waals surface area contributed by atoms with Gasteiger partial charge in [-0.2, -0.15) is 4.39 Å². The van der Waals surface area contributed by atoms with Gasteiger partial charge < -0.3 is 9.47 Å². The summed E-state index contributed by atoms with van der Waals surface area (Å²) in [6.07, 6.45) is 1.38. The van der Waals surface area contributed by atoms with Gasteiger partial charge in [0.1, 0.15) is 0 Å². The maximum atomic E-state index is 13.2. The van der Waals surface area contributed by atoms with Crippen LogP contribution in [0.2, 0.25) is 25.7 Å². The molecule has 0 amide bonds. The van der Waals surface area contributed by atoms with Crippen LogP contribution in [0.4, 0.5) is 4.39 Å². The molecule has 1 aromatic rings. The number of halogens is 2. The van der Waals surface area contributed by atoms with Crippen LogP contribution in [0.15, 0.2) is 16.7 Å². The van der Waals surface area contributed by atoms with Gasteiger partial charge in [0.2, 0.25) is 0 Å². The number of aromatic nitrogens is 1. The van der Waals surface area contributed by atoms with E-state index in [1.807, 2.05) is 0 Å². The molecule has 1 aromatic heterocycles. The minimum atomic E-state index is -1.08. The van der Waals surface area contributed by atoms with Crippen LogP contribution in [0.1, 0.15) is 0 Å². The zero-order valence-electron chi connectivity index (χ0n) is 10.3. The summed E-state index contributed by atoms with van der Waals surface area (Å²) in [6.45, 7) is 7.53. The third-order valence-electron chi connectivity index (χ3n) is 2.07. The smallest absolute Gasteiger partial charge is 0.255 e. The predicted molar refractivity (Wildman–Crippen MR) is 71.5 cm³/mol. The van der Waals surface area contributed by atoms with E-state index in [0.717, 1.165) is 6.04 Å². The third-order valence-corrected chi connectivity index (χ3v) is 4.21. The van der Waals surface area contributed by atoms with E-state index in [2.05, 4.69) is 40.6 Å². The van der Waals surface area contributed by atoms with Crippen LogP contribution in [0.5, 0.6) is 5.75 Å². The Hall–Kier alpha value is -0.463. The Morgan fingerprint density at radius 3 is 2.76 bits per heavy atom. The highest BCUT2D eigenvalue weighted by Gasteiger charge is 2.12. The molecule has 0 saturated heterocycles. The van der Waals surface area contributed by atoms with Gasteiger partial charge >= 0.3 is 0 Å². The number of ether oxygens (including phenoxy) is 2. The standard InChI is InChI=1S/C11H17BrFNO2Si/c1-17(2,3)5-4-15-8-16-10-6-9(12)7-14-11(10)13/h6-7H,4-5,8H2,1-3H3. The van der Waals surface area contributed by atoms with Gasteiger partial charge in [-0.3, -0.25) is 0 Å². The second-order valence-electron chi connectivity index (χ2n) is 4.92. The van der Waals surface area contributed by atoms with E-state index in [0.29, 0.717) is 11.1 Å². The number of hydrogen-bond acceptors (Lipinski definition) is 3. The molecule has 0 N–H and O–H groups in total. The number of pyridine rings is 1. The van der Waals surface area contributed by atoms with Crippen molar-refractivity contribution in [1.82, 2.24) is 4.98 Å². The topological polar surface area (TPSA) is 31.4 Å². The summed E-state index contributed by atoms with van der Waals surface area (Å²) < 4.78 is 24.3. The highest BCUT2D eigenvalue weighted by Crippen LogP contribution is 2.19. The number of hydrogen-bond donors (Lipinski definition) is 0. The lowest BCUT2D eigenvalue weighted by Crippen LogP contribution is -2.22. The second-order valence-corrected chi connectivity index (χ2v) is 11.5. The average Bonchev–Trinajstić information content (AvgIpc) is 2.21. The van der Waals surface area contributed by atoms with Gasteiger partial charge in [0.15, 0.2) is 12.5 Å². The molecule has 6 heteroatoms. The number of rotatable bonds is 6. The van der Waals surface area contributed by atoms with Crippen molar-refractivity contribution in [2.24, 2.45) is 0 Å². The van der Waals surface area contributed by atoms with Gasteiger partial charge in [0, 0.05) is 31.4 Å². The molecular weight excluding hydrogens is 305 g/mol. The van der Waals surface area contributed by atoms with E-state index >= 15 is 0 Å². The minimum Gasteiger partial charge on any atom is -0.463 e. The minimum absolute atomic E-state index is 0.0551. The van der Waals surface area contributed by atoms with Gasteiger partial charge in [0.05, 0.1) is 0 Å². The van der Waals surface area contributed by atoms with Crippen molar-refractivity contribution in [1.29, 1.82) is 0 Å². The molecule has 0 spiro atoms. The Kier molecular flexibility index (Phi) is 5.55. The molecule has 17 heavy (non-hydrogen) atoms. The molecule has 96 valence electrons. The normalized spacial score (nSPS) is 11.6. The van der Waals surface area contributed by atoms with Crippen LogP contribution in [-0.4, -0.2) is 26.5 Å². The molecule has 1 rings (SSSR count). The van der Waals surface area contributed by atoms with E-state index in [4.69, 9.17) is 9.47 Å². The van der Waals surface area contributed by atoms with Crippen LogP contribution in [0.3, 0.4) is 0 Å². The Morgan fingerprint density at radius 2 is 2.12 bits per heavy atom. The molecule has 0 aliphatic carbocycles. The molecule has 0 aliphatic rings. The highest BCUT2D eigenvalue weighted by molar-refractivity contribution is 9.10. The molecule has 0 aromatic carbocycles. The summed E-state index contributed by atoms with van der Waals surface area (Å²) in [7, 11) is -1.08. The second kappa shape index (κ2) is 6.46. The van der Waals surface area contributed by atoms with Crippen molar-refractivity contribution in [2.75, 3.05) is 13.4 Å². The van der Waals surface area contributed by atoms with E-state index in [1.165, 1.54) is 12.3 Å². The van der Waals surface area contributed by atoms with E-state index in [-0.39, 0.29) is 12.5 Å². The summed E-state index contributed by atoms with van der Waals surface area (Å²) in [5, 5.41) is 0. The Labute approximate surface area is 110 Å². The summed E-state index contributed by atoms with van der Waals surface area (Å²) in [5.74, 6) is -0.519. The predicted octanol–water partition coefficient (Wildman–Crippen LogP) is 3.67. The first-order valence-corrected chi connectivity index (χ1v) is 9.90. The summed E-state index contributed by atoms with van der Waals surface area (Å²) in [4.78, 5) is 3.53. The lowest BCUT2D eigenvalue weighted by atomic mass is 10.4. The molecule has 0 fully saturated rings. The van der Waals surface area contributed by atoms with Crippen molar-refractivity contribution < 1.29 is 13.9 Å². The Bertz CT molecular complexity index is 371.